The van der Waals surface area contributed by atoms with E-state index in [4.69, 9.17) is 4.74 Å². The molecule has 1 aliphatic rings. The molecule has 0 spiro atoms. The lowest BCUT2D eigenvalue weighted by molar-refractivity contribution is 0.0518. The predicted molar refractivity (Wildman–Crippen MR) is 80.5 cm³/mol. The van der Waals surface area contributed by atoms with Gasteiger partial charge < -0.3 is 10.1 Å². The number of rotatable bonds is 4. The van der Waals surface area contributed by atoms with Crippen molar-refractivity contribution in [2.24, 2.45) is 15.4 Å². The van der Waals surface area contributed by atoms with Crippen molar-refractivity contribution in [1.29, 1.82) is 0 Å². The number of hydrogen-bond acceptors (Lipinski definition) is 5. The number of carbonyl (C=O) groups is 1. The van der Waals surface area contributed by atoms with Gasteiger partial charge in [0, 0.05) is 0 Å². The van der Waals surface area contributed by atoms with E-state index in [9.17, 15) is 4.79 Å². The molecule has 0 unspecified atom stereocenters. The number of alkyl carbamates (subject to hydrolysis) is 1. The van der Waals surface area contributed by atoms with Gasteiger partial charge in [0.25, 0.3) is 0 Å². The molecule has 0 aliphatic carbocycles. The minimum atomic E-state index is -0.534. The van der Waals surface area contributed by atoms with Gasteiger partial charge >= 0.3 is 6.09 Å². The normalized spacial score (nSPS) is 15.5. The van der Waals surface area contributed by atoms with Crippen molar-refractivity contribution in [2.45, 2.75) is 38.8 Å². The Kier molecular flexibility index (Phi) is 4.67. The van der Waals surface area contributed by atoms with Crippen molar-refractivity contribution >= 4 is 11.8 Å². The molecule has 0 saturated heterocycles. The van der Waals surface area contributed by atoms with Crippen LogP contribution in [0.15, 0.2) is 45.8 Å². The SMILES string of the molecule is CC(C)(C)OC(=O)N[C@@H](Cc1ccccc1)C1=NN=NC1. The Morgan fingerprint density at radius 2 is 2.05 bits per heavy atom. The van der Waals surface area contributed by atoms with E-state index in [1.807, 2.05) is 51.1 Å². The van der Waals surface area contributed by atoms with Crippen LogP contribution >= 0.6 is 0 Å². The second-order valence-electron chi connectivity index (χ2n) is 5.87. The summed E-state index contributed by atoms with van der Waals surface area (Å²) in [6.45, 7) is 5.90. The first-order chi connectivity index (χ1) is 9.94. The van der Waals surface area contributed by atoms with Crippen LogP contribution in [0, 0.1) is 0 Å². The van der Waals surface area contributed by atoms with E-state index in [1.54, 1.807) is 0 Å². The Labute approximate surface area is 124 Å². The van der Waals surface area contributed by atoms with Crippen molar-refractivity contribution in [1.82, 2.24) is 5.32 Å². The van der Waals surface area contributed by atoms with Gasteiger partial charge in [-0.1, -0.05) is 30.3 Å². The molecular formula is C15H20N4O2. The predicted octanol–water partition coefficient (Wildman–Crippen LogP) is 2.94. The van der Waals surface area contributed by atoms with Crippen molar-refractivity contribution in [3.8, 4) is 0 Å². The lowest BCUT2D eigenvalue weighted by atomic mass is 10.0. The Bertz CT molecular complexity index is 547. The zero-order chi connectivity index (χ0) is 15.3. The highest BCUT2D eigenvalue weighted by Crippen LogP contribution is 2.11. The number of nitrogens with one attached hydrogen (secondary N) is 1. The molecule has 0 bridgehead atoms. The molecule has 0 saturated carbocycles. The highest BCUT2D eigenvalue weighted by Gasteiger charge is 2.24. The Balaban J connectivity index is 2.04. The van der Waals surface area contributed by atoms with E-state index in [0.717, 1.165) is 11.3 Å². The lowest BCUT2D eigenvalue weighted by Crippen LogP contribution is -2.45. The van der Waals surface area contributed by atoms with Gasteiger partial charge in [0.05, 0.1) is 11.8 Å². The molecule has 2 rings (SSSR count). The second kappa shape index (κ2) is 6.47. The molecule has 1 atom stereocenters. The van der Waals surface area contributed by atoms with Gasteiger partial charge in [-0.15, -0.1) is 5.10 Å². The molecule has 21 heavy (non-hydrogen) atoms. The van der Waals surface area contributed by atoms with Crippen LogP contribution in [0.25, 0.3) is 0 Å². The number of hydrogen-bond donors (Lipinski definition) is 1. The van der Waals surface area contributed by atoms with Gasteiger partial charge in [0.2, 0.25) is 0 Å². The van der Waals surface area contributed by atoms with Crippen LogP contribution in [0.2, 0.25) is 0 Å². The van der Waals surface area contributed by atoms with Crippen LogP contribution in [0.3, 0.4) is 0 Å². The van der Waals surface area contributed by atoms with Gasteiger partial charge in [-0.25, -0.2) is 4.79 Å². The van der Waals surface area contributed by atoms with Crippen LogP contribution in [0.4, 0.5) is 4.79 Å². The van der Waals surface area contributed by atoms with Crippen molar-refractivity contribution < 1.29 is 9.53 Å². The fraction of sp³-hybridized carbons (Fsp3) is 0.467. The molecule has 1 aliphatic heterocycles. The average molecular weight is 288 g/mol. The van der Waals surface area contributed by atoms with Crippen molar-refractivity contribution in [2.75, 3.05) is 6.54 Å². The lowest BCUT2D eigenvalue weighted by Gasteiger charge is -2.23. The van der Waals surface area contributed by atoms with E-state index in [2.05, 4.69) is 20.8 Å². The van der Waals surface area contributed by atoms with Gasteiger partial charge in [-0.3, -0.25) is 0 Å². The molecule has 1 aromatic rings. The summed E-state index contributed by atoms with van der Waals surface area (Å²) in [4.78, 5) is 12.0. The highest BCUT2D eigenvalue weighted by molar-refractivity contribution is 5.94. The molecule has 112 valence electrons. The van der Waals surface area contributed by atoms with E-state index < -0.39 is 11.7 Å². The maximum Gasteiger partial charge on any atom is 0.408 e. The Morgan fingerprint density at radius 3 is 2.62 bits per heavy atom. The standard InChI is InChI=1S/C15H20N4O2/c1-15(2,3)21-14(20)17-12(13-10-16-19-18-13)9-11-7-5-4-6-8-11/h4-8,12H,9-10H2,1-3H3,(H,17,20)/t12-/m0/s1. The molecule has 1 aromatic carbocycles. The van der Waals surface area contributed by atoms with Gasteiger partial charge in [0.15, 0.2) is 0 Å². The third-order valence-corrected chi connectivity index (χ3v) is 2.84. The summed E-state index contributed by atoms with van der Waals surface area (Å²) in [5, 5.41) is 14.3. The Hall–Kier alpha value is -2.24. The van der Waals surface area contributed by atoms with E-state index in [0.29, 0.717) is 13.0 Å². The quantitative estimate of drug-likeness (QED) is 0.924. The van der Waals surface area contributed by atoms with Gasteiger partial charge in [0.1, 0.15) is 12.1 Å². The fourth-order valence-corrected chi connectivity index (χ4v) is 1.96. The highest BCUT2D eigenvalue weighted by atomic mass is 16.6. The summed E-state index contributed by atoms with van der Waals surface area (Å²) in [7, 11) is 0. The first kappa shape index (κ1) is 15.2. The molecule has 0 radical (unpaired) electrons. The molecule has 6 heteroatoms. The third kappa shape index (κ3) is 4.98. The molecule has 1 heterocycles. The topological polar surface area (TPSA) is 75.4 Å². The van der Waals surface area contributed by atoms with Crippen LogP contribution in [0.5, 0.6) is 0 Å². The Morgan fingerprint density at radius 1 is 1.33 bits per heavy atom. The fourth-order valence-electron chi connectivity index (χ4n) is 1.96. The first-order valence-electron chi connectivity index (χ1n) is 6.91. The number of nitrogens with zero attached hydrogens (tertiary/aromatic N) is 3. The molecule has 0 aromatic heterocycles. The van der Waals surface area contributed by atoms with Crippen LogP contribution in [-0.2, 0) is 11.2 Å². The average Bonchev–Trinajstić information content (AvgIpc) is 2.90. The monoisotopic (exact) mass is 288 g/mol. The van der Waals surface area contributed by atoms with Gasteiger partial charge in [-0.05, 0) is 38.0 Å². The van der Waals surface area contributed by atoms with Gasteiger partial charge in [-0.2, -0.15) is 5.11 Å². The largest absolute Gasteiger partial charge is 0.444 e. The van der Waals surface area contributed by atoms with Crippen LogP contribution in [0.1, 0.15) is 26.3 Å². The maximum atomic E-state index is 12.0. The van der Waals surface area contributed by atoms with E-state index >= 15 is 0 Å². The molecule has 1 N–H and O–H groups in total. The summed E-state index contributed by atoms with van der Waals surface area (Å²) in [5.41, 5.74) is 1.31. The minimum absolute atomic E-state index is 0.266. The molecule has 1 amide bonds. The zero-order valence-electron chi connectivity index (χ0n) is 12.5. The van der Waals surface area contributed by atoms with Crippen molar-refractivity contribution in [3.63, 3.8) is 0 Å². The number of carbonyl (C=O) groups excluding carboxylic acids is 1. The molecular weight excluding hydrogens is 268 g/mol. The summed E-state index contributed by atoms with van der Waals surface area (Å²) < 4.78 is 5.30. The van der Waals surface area contributed by atoms with E-state index in [1.165, 1.54) is 0 Å². The smallest absolute Gasteiger partial charge is 0.408 e. The number of amides is 1. The summed E-state index contributed by atoms with van der Waals surface area (Å²) in [5.74, 6) is 0. The summed E-state index contributed by atoms with van der Waals surface area (Å²) in [6, 6.07) is 9.63. The van der Waals surface area contributed by atoms with Crippen LogP contribution < -0.4 is 5.32 Å². The number of ether oxygens (including phenoxy) is 1. The first-order valence-corrected chi connectivity index (χ1v) is 6.91. The van der Waals surface area contributed by atoms with Crippen LogP contribution in [-0.4, -0.2) is 30.0 Å². The zero-order valence-corrected chi connectivity index (χ0v) is 12.5. The molecule has 6 nitrogen and oxygen atoms in total. The van der Waals surface area contributed by atoms with Crippen molar-refractivity contribution in [3.05, 3.63) is 35.9 Å². The third-order valence-electron chi connectivity index (χ3n) is 2.84. The van der Waals surface area contributed by atoms with E-state index in [-0.39, 0.29) is 6.04 Å². The second-order valence-corrected chi connectivity index (χ2v) is 5.87. The summed E-state index contributed by atoms with van der Waals surface area (Å²) >= 11 is 0. The maximum absolute atomic E-state index is 12.0. The number of benzene rings is 1. The minimum Gasteiger partial charge on any atom is -0.444 e. The summed E-state index contributed by atoms with van der Waals surface area (Å²) in [6.07, 6.45) is 0.169. The molecule has 0 fully saturated rings.